The third-order valence-corrected chi connectivity index (χ3v) is 15.3. The van der Waals surface area contributed by atoms with Crippen molar-refractivity contribution < 1.29 is 28.6 Å². The molecule has 0 aromatic carbocycles. The molecule has 0 N–H and O–H groups in total. The first-order valence-corrected chi connectivity index (χ1v) is 35.4. The number of rotatable bonds is 64. The monoisotopic (exact) mass is 1150 g/mol. The van der Waals surface area contributed by atoms with Crippen LogP contribution in [0.4, 0.5) is 0 Å². The van der Waals surface area contributed by atoms with E-state index in [-0.39, 0.29) is 31.1 Å². The molecule has 0 rings (SSSR count). The normalized spacial score (nSPS) is 12.8. The lowest BCUT2D eigenvalue weighted by molar-refractivity contribution is -0.167. The van der Waals surface area contributed by atoms with Crippen molar-refractivity contribution in [2.75, 3.05) is 13.2 Å². The molecule has 0 heterocycles. The molecule has 0 spiro atoms. The summed E-state index contributed by atoms with van der Waals surface area (Å²) in [5.74, 6) is -0.906. The van der Waals surface area contributed by atoms with E-state index in [9.17, 15) is 14.4 Å². The van der Waals surface area contributed by atoms with Gasteiger partial charge in [0.05, 0.1) is 0 Å². The van der Waals surface area contributed by atoms with Gasteiger partial charge in [-0.3, -0.25) is 14.4 Å². The van der Waals surface area contributed by atoms with Gasteiger partial charge in [0.15, 0.2) is 6.10 Å². The zero-order chi connectivity index (χ0) is 59.9. The van der Waals surface area contributed by atoms with E-state index in [4.69, 9.17) is 14.2 Å². The van der Waals surface area contributed by atoms with E-state index < -0.39 is 6.10 Å². The molecule has 0 radical (unpaired) electrons. The Hall–Kier alpha value is -3.93. The molecule has 0 saturated carbocycles. The van der Waals surface area contributed by atoms with Crippen molar-refractivity contribution in [1.29, 1.82) is 0 Å². The highest BCUT2D eigenvalue weighted by Gasteiger charge is 2.19. The predicted octanol–water partition coefficient (Wildman–Crippen LogP) is 24.6. The van der Waals surface area contributed by atoms with Crippen molar-refractivity contribution in [2.24, 2.45) is 0 Å². The Morgan fingerprint density at radius 2 is 0.470 bits per heavy atom. The Balaban J connectivity index is 4.28. The Labute approximate surface area is 514 Å². The number of carbonyl (C=O) groups excluding carboxylic acids is 3. The molecule has 476 valence electrons. The summed E-state index contributed by atoms with van der Waals surface area (Å²) in [6.07, 6.45) is 97.0. The summed E-state index contributed by atoms with van der Waals surface area (Å²) in [5, 5.41) is 0. The fourth-order valence-corrected chi connectivity index (χ4v) is 10.0. The SMILES string of the molecule is CC/C=C\C/C=C\C/C=C\C/C=C\C/C=C\C/C=C\C/C=C\C/C=C\C/C=C\CCCCCC(=O)OCC(COC(=O)CCCCCCCCCCCC)OC(=O)CCCCCCCCCCCCCCCCCCCCCCCCCC. The quantitative estimate of drug-likeness (QED) is 0.0261. The Morgan fingerprint density at radius 3 is 0.735 bits per heavy atom. The maximum absolute atomic E-state index is 12.9. The van der Waals surface area contributed by atoms with Crippen LogP contribution in [0.15, 0.2) is 109 Å². The van der Waals surface area contributed by atoms with Gasteiger partial charge in [-0.05, 0) is 89.9 Å². The van der Waals surface area contributed by atoms with Crippen molar-refractivity contribution in [3.63, 3.8) is 0 Å². The highest BCUT2D eigenvalue weighted by molar-refractivity contribution is 5.71. The van der Waals surface area contributed by atoms with Gasteiger partial charge in [0, 0.05) is 19.3 Å². The van der Waals surface area contributed by atoms with Crippen molar-refractivity contribution in [3.8, 4) is 0 Å². The molecule has 6 heteroatoms. The van der Waals surface area contributed by atoms with E-state index in [0.717, 1.165) is 122 Å². The van der Waals surface area contributed by atoms with Crippen LogP contribution in [-0.2, 0) is 28.6 Å². The van der Waals surface area contributed by atoms with E-state index >= 15 is 0 Å². The second-order valence-corrected chi connectivity index (χ2v) is 23.4. The van der Waals surface area contributed by atoms with Crippen LogP contribution in [0.25, 0.3) is 0 Å². The minimum atomic E-state index is -0.791. The highest BCUT2D eigenvalue weighted by Crippen LogP contribution is 2.18. The van der Waals surface area contributed by atoms with Gasteiger partial charge in [0.2, 0.25) is 0 Å². The van der Waals surface area contributed by atoms with E-state index in [1.165, 1.54) is 180 Å². The van der Waals surface area contributed by atoms with Crippen molar-refractivity contribution in [2.45, 2.75) is 348 Å². The first kappa shape index (κ1) is 79.1. The minimum Gasteiger partial charge on any atom is -0.462 e. The van der Waals surface area contributed by atoms with Crippen LogP contribution < -0.4 is 0 Å². The summed E-state index contributed by atoms with van der Waals surface area (Å²) in [4.78, 5) is 38.3. The molecule has 1 unspecified atom stereocenters. The number of ether oxygens (including phenoxy) is 3. The fraction of sp³-hybridized carbons (Fsp3) is 0.727. The number of allylic oxidation sites excluding steroid dienone is 18. The van der Waals surface area contributed by atoms with Crippen LogP contribution in [0.3, 0.4) is 0 Å². The molecule has 0 fully saturated rings. The largest absolute Gasteiger partial charge is 0.462 e. The molecule has 6 nitrogen and oxygen atoms in total. The number of hydrogen-bond acceptors (Lipinski definition) is 6. The lowest BCUT2D eigenvalue weighted by Gasteiger charge is -2.18. The molecule has 0 aliphatic heterocycles. The Morgan fingerprint density at radius 1 is 0.253 bits per heavy atom. The molecular formula is C77H132O6. The molecule has 83 heavy (non-hydrogen) atoms. The van der Waals surface area contributed by atoms with E-state index in [1.807, 2.05) is 0 Å². The molecule has 0 bridgehead atoms. The second-order valence-electron chi connectivity index (χ2n) is 23.4. The highest BCUT2D eigenvalue weighted by atomic mass is 16.6. The molecule has 0 aromatic heterocycles. The summed E-state index contributed by atoms with van der Waals surface area (Å²) >= 11 is 0. The van der Waals surface area contributed by atoms with Gasteiger partial charge in [0.1, 0.15) is 13.2 Å². The topological polar surface area (TPSA) is 78.9 Å². The van der Waals surface area contributed by atoms with Crippen LogP contribution in [0.2, 0.25) is 0 Å². The van der Waals surface area contributed by atoms with Gasteiger partial charge in [0.25, 0.3) is 0 Å². The van der Waals surface area contributed by atoms with E-state index in [0.29, 0.717) is 19.3 Å². The lowest BCUT2D eigenvalue weighted by atomic mass is 10.0. The molecule has 1 atom stereocenters. The summed E-state index contributed by atoms with van der Waals surface area (Å²) in [6.45, 7) is 6.53. The first-order valence-electron chi connectivity index (χ1n) is 35.4. The average molecular weight is 1150 g/mol. The molecule has 0 aromatic rings. The summed E-state index contributed by atoms with van der Waals surface area (Å²) < 4.78 is 16.9. The second kappa shape index (κ2) is 70.6. The van der Waals surface area contributed by atoms with Gasteiger partial charge in [-0.1, -0.05) is 342 Å². The van der Waals surface area contributed by atoms with Crippen LogP contribution in [0, 0.1) is 0 Å². The van der Waals surface area contributed by atoms with E-state index in [1.54, 1.807) is 0 Å². The van der Waals surface area contributed by atoms with Crippen LogP contribution in [-0.4, -0.2) is 37.2 Å². The van der Waals surface area contributed by atoms with Gasteiger partial charge < -0.3 is 14.2 Å². The van der Waals surface area contributed by atoms with Gasteiger partial charge in [-0.15, -0.1) is 0 Å². The molecular weight excluding hydrogens is 1020 g/mol. The van der Waals surface area contributed by atoms with Crippen LogP contribution in [0.5, 0.6) is 0 Å². The number of carbonyl (C=O) groups is 3. The Kier molecular flexibility index (Phi) is 67.2. The predicted molar refractivity (Wildman–Crippen MR) is 362 cm³/mol. The zero-order valence-corrected chi connectivity index (χ0v) is 54.7. The fourth-order valence-electron chi connectivity index (χ4n) is 10.0. The summed E-state index contributed by atoms with van der Waals surface area (Å²) in [5.41, 5.74) is 0. The maximum Gasteiger partial charge on any atom is 0.306 e. The average Bonchev–Trinajstić information content (AvgIpc) is 3.48. The minimum absolute atomic E-state index is 0.0850. The van der Waals surface area contributed by atoms with Crippen LogP contribution in [0.1, 0.15) is 342 Å². The van der Waals surface area contributed by atoms with Gasteiger partial charge in [-0.25, -0.2) is 0 Å². The zero-order valence-electron chi connectivity index (χ0n) is 54.7. The summed E-state index contributed by atoms with van der Waals surface area (Å²) in [7, 11) is 0. The van der Waals surface area contributed by atoms with E-state index in [2.05, 4.69) is 130 Å². The standard InChI is InChI=1S/C77H132O6/c1-4-7-10-13-16-19-22-24-26-28-30-32-34-36-37-38-39-40-41-42-44-45-47-49-51-53-55-58-61-64-67-70-76(79)82-73-74(72-81-75(78)69-66-63-60-57-21-18-15-12-9-6-3)83-77(80)71-68-65-62-59-56-54-52-50-48-46-43-35-33-31-29-27-25-23-20-17-14-11-8-5-2/h7,10,16,19,24,26,30,32,36-37,39-40,42,44,47,49,53,55,74H,4-6,8-9,11-15,17-18,20-23,25,27-29,31,33-35,38,41,43,45-46,48,50-52,54,56-73H2,1-3H3/b10-7-,19-16-,26-24-,32-30-,37-36-,40-39-,44-42-,49-47-,55-53-. The number of esters is 3. The maximum atomic E-state index is 12.9. The lowest BCUT2D eigenvalue weighted by Crippen LogP contribution is -2.30. The third-order valence-electron chi connectivity index (χ3n) is 15.3. The molecule has 0 aliphatic rings. The van der Waals surface area contributed by atoms with Crippen molar-refractivity contribution in [1.82, 2.24) is 0 Å². The summed E-state index contributed by atoms with van der Waals surface area (Å²) in [6, 6.07) is 0. The molecule has 0 saturated heterocycles. The first-order chi connectivity index (χ1) is 41.0. The molecule has 0 aliphatic carbocycles. The van der Waals surface area contributed by atoms with Gasteiger partial charge in [-0.2, -0.15) is 0 Å². The molecule has 0 amide bonds. The van der Waals surface area contributed by atoms with Crippen LogP contribution >= 0.6 is 0 Å². The third kappa shape index (κ3) is 68.7. The van der Waals surface area contributed by atoms with Crippen molar-refractivity contribution in [3.05, 3.63) is 109 Å². The Bertz CT molecular complexity index is 1660. The van der Waals surface area contributed by atoms with Gasteiger partial charge >= 0.3 is 17.9 Å². The van der Waals surface area contributed by atoms with Crippen molar-refractivity contribution >= 4 is 17.9 Å². The number of unbranched alkanes of at least 4 members (excludes halogenated alkanes) is 35. The smallest absolute Gasteiger partial charge is 0.306 e. The number of hydrogen-bond donors (Lipinski definition) is 0.